The van der Waals surface area contributed by atoms with E-state index in [1.807, 2.05) is 12.2 Å². The Morgan fingerprint density at radius 2 is 1.92 bits per heavy atom. The van der Waals surface area contributed by atoms with Gasteiger partial charge in [0, 0.05) is 18.1 Å². The van der Waals surface area contributed by atoms with Crippen molar-refractivity contribution in [2.24, 2.45) is 5.92 Å². The number of aliphatic hydroxyl groups is 1. The van der Waals surface area contributed by atoms with E-state index in [-0.39, 0.29) is 4.90 Å². The molecule has 0 saturated heterocycles. The summed E-state index contributed by atoms with van der Waals surface area (Å²) in [5, 5.41) is 10.6. The van der Waals surface area contributed by atoms with Crippen molar-refractivity contribution in [3.8, 4) is 0 Å². The van der Waals surface area contributed by atoms with Crippen molar-refractivity contribution in [1.29, 1.82) is 0 Å². The zero-order valence-electron chi connectivity index (χ0n) is 14.7. The number of allylic oxidation sites excluding steroid dienone is 3. The third kappa shape index (κ3) is 3.79. The van der Waals surface area contributed by atoms with Crippen LogP contribution >= 0.6 is 11.8 Å². The van der Waals surface area contributed by atoms with E-state index in [0.29, 0.717) is 22.0 Å². The second kappa shape index (κ2) is 6.72. The van der Waals surface area contributed by atoms with Crippen LogP contribution in [0.15, 0.2) is 57.2 Å². The maximum Gasteiger partial charge on any atom is 0.348 e. The molecule has 1 aromatic rings. The highest BCUT2D eigenvalue weighted by Crippen LogP contribution is 2.45. The third-order valence-electron chi connectivity index (χ3n) is 4.24. The molecular formula is C19H20O5S2. The molecule has 1 aliphatic carbocycles. The van der Waals surface area contributed by atoms with E-state index in [4.69, 9.17) is 4.74 Å². The number of esters is 1. The van der Waals surface area contributed by atoms with Crippen LogP contribution in [0.2, 0.25) is 0 Å². The van der Waals surface area contributed by atoms with Gasteiger partial charge >= 0.3 is 5.97 Å². The van der Waals surface area contributed by atoms with Crippen LogP contribution in [0.4, 0.5) is 0 Å². The van der Waals surface area contributed by atoms with Crippen LogP contribution in [0.25, 0.3) is 5.57 Å². The third-order valence-corrected chi connectivity index (χ3v) is 6.48. The lowest BCUT2D eigenvalue weighted by atomic mass is 10.00. The molecule has 1 aliphatic heterocycles. The van der Waals surface area contributed by atoms with Gasteiger partial charge < -0.3 is 9.84 Å². The summed E-state index contributed by atoms with van der Waals surface area (Å²) in [6.45, 7) is 3.52. The van der Waals surface area contributed by atoms with E-state index in [9.17, 15) is 18.3 Å². The maximum absolute atomic E-state index is 12.3. The number of carbonyl (C=O) groups is 1. The number of rotatable bonds is 4. The number of hydrogen-bond donors (Lipinski definition) is 1. The van der Waals surface area contributed by atoms with Crippen LogP contribution in [0.1, 0.15) is 25.8 Å². The molecular weight excluding hydrogens is 372 g/mol. The highest BCUT2D eigenvalue weighted by atomic mass is 32.2. The fourth-order valence-corrected chi connectivity index (χ4v) is 4.58. The molecule has 7 heteroatoms. The average Bonchev–Trinajstić information content (AvgIpc) is 2.77. The molecule has 1 heterocycles. The monoisotopic (exact) mass is 392 g/mol. The molecule has 2 unspecified atom stereocenters. The summed E-state index contributed by atoms with van der Waals surface area (Å²) < 4.78 is 28.4. The number of thioether (sulfide) groups is 1. The van der Waals surface area contributed by atoms with Crippen LogP contribution in [-0.4, -0.2) is 31.5 Å². The Kier molecular flexibility index (Phi) is 4.90. The van der Waals surface area contributed by atoms with Gasteiger partial charge in [-0.05, 0) is 30.0 Å². The van der Waals surface area contributed by atoms with Crippen molar-refractivity contribution in [2.45, 2.75) is 31.0 Å². The lowest BCUT2D eigenvalue weighted by molar-refractivity contribution is -0.170. The second-order valence-corrected chi connectivity index (χ2v) is 9.75. The van der Waals surface area contributed by atoms with Gasteiger partial charge in [0.15, 0.2) is 9.84 Å². The van der Waals surface area contributed by atoms with Crippen molar-refractivity contribution in [3.63, 3.8) is 0 Å². The molecule has 0 spiro atoms. The molecule has 0 aromatic heterocycles. The quantitative estimate of drug-likeness (QED) is 0.792. The molecule has 5 nitrogen and oxygen atoms in total. The van der Waals surface area contributed by atoms with Crippen LogP contribution in [0.5, 0.6) is 0 Å². The highest BCUT2D eigenvalue weighted by molar-refractivity contribution is 8.08. The predicted octanol–water partition coefficient (Wildman–Crippen LogP) is 3.28. The van der Waals surface area contributed by atoms with Gasteiger partial charge in [0.25, 0.3) is 0 Å². The molecule has 1 aromatic carbocycles. The second-order valence-electron chi connectivity index (χ2n) is 6.65. The van der Waals surface area contributed by atoms with E-state index in [0.717, 1.165) is 17.6 Å². The van der Waals surface area contributed by atoms with Crippen molar-refractivity contribution in [1.82, 2.24) is 0 Å². The van der Waals surface area contributed by atoms with E-state index in [2.05, 4.69) is 13.0 Å². The standard InChI is InChI=1S/C19H20O5S2/c1-12-4-8-14(9-5-12)25-17-16(19(2,21)24-18(17)20)13-6-10-15(11-7-13)26(3,22)23/h4,6-12,21H,5H2,1-3H3. The van der Waals surface area contributed by atoms with Crippen molar-refractivity contribution < 1.29 is 23.1 Å². The molecule has 138 valence electrons. The first-order chi connectivity index (χ1) is 12.1. The number of benzene rings is 1. The molecule has 26 heavy (non-hydrogen) atoms. The fraction of sp³-hybridized carbons (Fsp3) is 0.316. The van der Waals surface area contributed by atoms with Crippen molar-refractivity contribution in [3.05, 3.63) is 57.9 Å². The summed E-state index contributed by atoms with van der Waals surface area (Å²) in [5.74, 6) is -1.90. The molecule has 0 fully saturated rings. The average molecular weight is 392 g/mol. The minimum atomic E-state index is -3.32. The minimum absolute atomic E-state index is 0.174. The molecule has 2 aliphatic rings. The van der Waals surface area contributed by atoms with Crippen LogP contribution in [0.3, 0.4) is 0 Å². The normalized spacial score (nSPS) is 26.1. The zero-order chi connectivity index (χ0) is 19.1. The first kappa shape index (κ1) is 18.9. The summed E-state index contributed by atoms with van der Waals surface area (Å²) in [7, 11) is -3.32. The number of sulfone groups is 1. The summed E-state index contributed by atoms with van der Waals surface area (Å²) >= 11 is 1.25. The maximum atomic E-state index is 12.3. The lowest BCUT2D eigenvalue weighted by Gasteiger charge is -2.20. The largest absolute Gasteiger partial charge is 0.425 e. The van der Waals surface area contributed by atoms with E-state index >= 15 is 0 Å². The van der Waals surface area contributed by atoms with Gasteiger partial charge in [-0.2, -0.15) is 0 Å². The van der Waals surface area contributed by atoms with Crippen molar-refractivity contribution >= 4 is 33.1 Å². The van der Waals surface area contributed by atoms with Gasteiger partial charge in [-0.25, -0.2) is 13.2 Å². The molecule has 0 saturated carbocycles. The number of carbonyl (C=O) groups excluding carboxylic acids is 1. The Bertz CT molecular complexity index is 935. The van der Waals surface area contributed by atoms with E-state index < -0.39 is 21.6 Å². The minimum Gasteiger partial charge on any atom is -0.425 e. The van der Waals surface area contributed by atoms with Crippen LogP contribution in [-0.2, 0) is 19.4 Å². The predicted molar refractivity (Wildman–Crippen MR) is 102 cm³/mol. The Hall–Kier alpha value is -1.83. The number of ether oxygens (including phenoxy) is 1. The first-order valence-corrected chi connectivity index (χ1v) is 10.9. The zero-order valence-corrected chi connectivity index (χ0v) is 16.4. The van der Waals surface area contributed by atoms with Gasteiger partial charge in [0.05, 0.1) is 10.5 Å². The lowest BCUT2D eigenvalue weighted by Crippen LogP contribution is -2.26. The topological polar surface area (TPSA) is 80.7 Å². The van der Waals surface area contributed by atoms with E-state index in [1.54, 1.807) is 12.1 Å². The van der Waals surface area contributed by atoms with E-state index in [1.165, 1.54) is 30.8 Å². The van der Waals surface area contributed by atoms with Gasteiger partial charge in [0.1, 0.15) is 4.91 Å². The Labute approximate surface area is 157 Å². The Balaban J connectivity index is 2.02. The van der Waals surface area contributed by atoms with Gasteiger partial charge in [-0.3, -0.25) is 0 Å². The highest BCUT2D eigenvalue weighted by Gasteiger charge is 2.44. The molecule has 2 atom stereocenters. The molecule has 0 radical (unpaired) electrons. The van der Waals surface area contributed by atoms with Gasteiger partial charge in [0.2, 0.25) is 5.79 Å². The summed E-state index contributed by atoms with van der Waals surface area (Å²) in [6, 6.07) is 6.08. The first-order valence-electron chi connectivity index (χ1n) is 8.15. The fourth-order valence-electron chi connectivity index (χ4n) is 2.85. The molecule has 0 amide bonds. The van der Waals surface area contributed by atoms with Crippen LogP contribution < -0.4 is 0 Å². The SMILES string of the molecule is CC1C=CC(SC2=C(c3ccc(S(C)(=O)=O)cc3)C(C)(O)OC2=O)=CC1. The number of hydrogen-bond acceptors (Lipinski definition) is 6. The molecule has 0 bridgehead atoms. The Morgan fingerprint density at radius 3 is 2.46 bits per heavy atom. The smallest absolute Gasteiger partial charge is 0.348 e. The summed E-state index contributed by atoms with van der Waals surface area (Å²) in [6.07, 6.45) is 8.09. The van der Waals surface area contributed by atoms with Gasteiger partial charge in [-0.1, -0.05) is 49.0 Å². The Morgan fingerprint density at radius 1 is 1.27 bits per heavy atom. The molecule has 1 N–H and O–H groups in total. The summed E-state index contributed by atoms with van der Waals surface area (Å²) in [5.41, 5.74) is 0.894. The number of cyclic esters (lactones) is 1. The van der Waals surface area contributed by atoms with Crippen molar-refractivity contribution in [2.75, 3.05) is 6.26 Å². The van der Waals surface area contributed by atoms with Gasteiger partial charge in [-0.15, -0.1) is 0 Å². The molecule has 3 rings (SSSR count). The summed E-state index contributed by atoms with van der Waals surface area (Å²) in [4.78, 5) is 13.7. The van der Waals surface area contributed by atoms with Crippen LogP contribution in [0, 0.1) is 5.92 Å².